The van der Waals surface area contributed by atoms with Crippen LogP contribution in [0, 0.1) is 5.92 Å². The predicted octanol–water partition coefficient (Wildman–Crippen LogP) is 2.95. The van der Waals surface area contributed by atoms with Gasteiger partial charge in [0.15, 0.2) is 0 Å². The van der Waals surface area contributed by atoms with Crippen molar-refractivity contribution in [1.29, 1.82) is 0 Å². The first-order chi connectivity index (χ1) is 9.88. The molecule has 2 unspecified atom stereocenters. The number of carbonyl (C=O) groups is 2. The maximum absolute atomic E-state index is 12.0. The van der Waals surface area contributed by atoms with Crippen molar-refractivity contribution >= 4 is 17.7 Å². The van der Waals surface area contributed by atoms with E-state index in [0.717, 1.165) is 6.42 Å². The summed E-state index contributed by atoms with van der Waals surface area (Å²) in [5, 5.41) is 14.4. The molecule has 6 nitrogen and oxygen atoms in total. The van der Waals surface area contributed by atoms with Crippen molar-refractivity contribution in [2.24, 2.45) is 5.92 Å². The van der Waals surface area contributed by atoms with Crippen molar-refractivity contribution < 1.29 is 19.4 Å². The van der Waals surface area contributed by atoms with E-state index in [0.29, 0.717) is 17.4 Å². The van der Waals surface area contributed by atoms with Crippen LogP contribution >= 0.6 is 0 Å². The molecule has 6 heteroatoms. The lowest BCUT2D eigenvalue weighted by molar-refractivity contribution is 0.0697. The van der Waals surface area contributed by atoms with Gasteiger partial charge < -0.3 is 20.5 Å². The summed E-state index contributed by atoms with van der Waals surface area (Å²) in [5.41, 5.74) is 0.410. The van der Waals surface area contributed by atoms with Crippen molar-refractivity contribution in [3.8, 4) is 5.75 Å². The highest BCUT2D eigenvalue weighted by atomic mass is 16.5. The van der Waals surface area contributed by atoms with Gasteiger partial charge in [-0.2, -0.15) is 0 Å². The number of benzene rings is 1. The molecule has 0 saturated carbocycles. The Morgan fingerprint density at radius 2 is 2.00 bits per heavy atom. The maximum atomic E-state index is 12.0. The predicted molar refractivity (Wildman–Crippen MR) is 81.0 cm³/mol. The number of hydrogen-bond acceptors (Lipinski definition) is 3. The number of nitrogens with one attached hydrogen (secondary N) is 2. The van der Waals surface area contributed by atoms with Gasteiger partial charge in [-0.15, -0.1) is 0 Å². The fourth-order valence-electron chi connectivity index (χ4n) is 1.80. The lowest BCUT2D eigenvalue weighted by Crippen LogP contribution is -2.39. The van der Waals surface area contributed by atoms with Crippen LogP contribution in [0.15, 0.2) is 18.2 Å². The number of carboxylic acid groups (broad SMARTS) is 1. The van der Waals surface area contributed by atoms with Gasteiger partial charge in [-0.1, -0.05) is 20.3 Å². The first-order valence-electron chi connectivity index (χ1n) is 6.87. The third-order valence-corrected chi connectivity index (χ3v) is 3.55. The normalized spacial score (nSPS) is 13.1. The van der Waals surface area contributed by atoms with E-state index in [1.807, 2.05) is 6.92 Å². The van der Waals surface area contributed by atoms with Crippen molar-refractivity contribution in [2.45, 2.75) is 33.2 Å². The molecular weight excluding hydrogens is 272 g/mol. The van der Waals surface area contributed by atoms with E-state index in [2.05, 4.69) is 24.5 Å². The van der Waals surface area contributed by atoms with Crippen molar-refractivity contribution in [2.75, 3.05) is 12.4 Å². The number of urea groups is 1. The van der Waals surface area contributed by atoms with Crippen molar-refractivity contribution in [3.05, 3.63) is 23.8 Å². The molecule has 1 aromatic carbocycles. The molecule has 0 fully saturated rings. The van der Waals surface area contributed by atoms with Crippen LogP contribution in [-0.2, 0) is 0 Å². The van der Waals surface area contributed by atoms with Gasteiger partial charge in [0.25, 0.3) is 0 Å². The second-order valence-corrected chi connectivity index (χ2v) is 4.99. The fraction of sp³-hybridized carbons (Fsp3) is 0.467. The van der Waals surface area contributed by atoms with Crippen LogP contribution in [0.4, 0.5) is 10.5 Å². The number of hydrogen-bond donors (Lipinski definition) is 3. The molecule has 1 rings (SSSR count). The summed E-state index contributed by atoms with van der Waals surface area (Å²) in [6.07, 6.45) is 0.958. The number of aromatic carboxylic acids is 1. The van der Waals surface area contributed by atoms with E-state index >= 15 is 0 Å². The number of anilines is 1. The highest BCUT2D eigenvalue weighted by Gasteiger charge is 2.15. The molecule has 1 aromatic rings. The minimum Gasteiger partial charge on any atom is -0.495 e. The zero-order valence-corrected chi connectivity index (χ0v) is 12.8. The third kappa shape index (κ3) is 4.66. The number of ether oxygens (including phenoxy) is 1. The van der Waals surface area contributed by atoms with E-state index in [1.54, 1.807) is 0 Å². The highest BCUT2D eigenvalue weighted by Crippen LogP contribution is 2.25. The minimum absolute atomic E-state index is 0.0173. The van der Waals surface area contributed by atoms with Crippen LogP contribution in [0.3, 0.4) is 0 Å². The van der Waals surface area contributed by atoms with E-state index in [9.17, 15) is 9.59 Å². The Labute approximate surface area is 124 Å². The summed E-state index contributed by atoms with van der Waals surface area (Å²) >= 11 is 0. The average molecular weight is 294 g/mol. The minimum atomic E-state index is -1.06. The van der Waals surface area contributed by atoms with Crippen LogP contribution in [-0.4, -0.2) is 30.3 Å². The third-order valence-electron chi connectivity index (χ3n) is 3.55. The summed E-state index contributed by atoms with van der Waals surface area (Å²) in [6, 6.07) is 3.94. The smallest absolute Gasteiger partial charge is 0.335 e. The molecule has 0 aliphatic rings. The maximum Gasteiger partial charge on any atom is 0.335 e. The molecule has 0 spiro atoms. The molecule has 0 bridgehead atoms. The Morgan fingerprint density at radius 3 is 2.52 bits per heavy atom. The van der Waals surface area contributed by atoms with Gasteiger partial charge in [-0.05, 0) is 31.0 Å². The van der Waals surface area contributed by atoms with Gasteiger partial charge in [0.1, 0.15) is 5.75 Å². The van der Waals surface area contributed by atoms with Gasteiger partial charge in [-0.3, -0.25) is 0 Å². The number of carboxylic acids is 1. The Morgan fingerprint density at radius 1 is 1.33 bits per heavy atom. The molecular formula is C15H22N2O4. The Hall–Kier alpha value is -2.24. The first-order valence-corrected chi connectivity index (χ1v) is 6.87. The molecule has 2 atom stereocenters. The summed E-state index contributed by atoms with van der Waals surface area (Å²) in [6.45, 7) is 6.04. The molecule has 2 amide bonds. The molecule has 0 aliphatic carbocycles. The zero-order chi connectivity index (χ0) is 16.0. The average Bonchev–Trinajstić information content (AvgIpc) is 2.45. The lowest BCUT2D eigenvalue weighted by atomic mass is 10.0. The summed E-state index contributed by atoms with van der Waals surface area (Å²) in [7, 11) is 1.46. The SMILES string of the molecule is CCC(C)C(C)NC(=O)Nc1cc(C(=O)O)ccc1OC. The zero-order valence-electron chi connectivity index (χ0n) is 12.8. The summed E-state index contributed by atoms with van der Waals surface area (Å²) in [4.78, 5) is 22.9. The first kappa shape index (κ1) is 16.8. The fourth-order valence-corrected chi connectivity index (χ4v) is 1.80. The summed E-state index contributed by atoms with van der Waals surface area (Å²) in [5.74, 6) is -0.302. The van der Waals surface area contributed by atoms with Crippen LogP contribution in [0.1, 0.15) is 37.6 Å². The van der Waals surface area contributed by atoms with E-state index < -0.39 is 5.97 Å². The van der Waals surface area contributed by atoms with Crippen LogP contribution in [0.25, 0.3) is 0 Å². The topological polar surface area (TPSA) is 87.7 Å². The molecule has 21 heavy (non-hydrogen) atoms. The number of amides is 2. The quantitative estimate of drug-likeness (QED) is 0.752. The van der Waals surface area contributed by atoms with Gasteiger partial charge in [0.05, 0.1) is 18.4 Å². The van der Waals surface area contributed by atoms with Gasteiger partial charge >= 0.3 is 12.0 Å². The second kappa shape index (κ2) is 7.52. The van der Waals surface area contributed by atoms with E-state index in [1.165, 1.54) is 25.3 Å². The van der Waals surface area contributed by atoms with Gasteiger partial charge in [-0.25, -0.2) is 9.59 Å². The van der Waals surface area contributed by atoms with E-state index in [-0.39, 0.29) is 17.6 Å². The molecule has 0 heterocycles. The lowest BCUT2D eigenvalue weighted by Gasteiger charge is -2.20. The number of methoxy groups -OCH3 is 1. The largest absolute Gasteiger partial charge is 0.495 e. The van der Waals surface area contributed by atoms with E-state index in [4.69, 9.17) is 9.84 Å². The Kier molecular flexibility index (Phi) is 6.02. The molecule has 0 saturated heterocycles. The second-order valence-electron chi connectivity index (χ2n) is 4.99. The molecule has 0 aliphatic heterocycles. The summed E-state index contributed by atoms with van der Waals surface area (Å²) < 4.78 is 5.12. The van der Waals surface area contributed by atoms with Crippen molar-refractivity contribution in [1.82, 2.24) is 5.32 Å². The standard InChI is InChI=1S/C15H22N2O4/c1-5-9(2)10(3)16-15(20)17-12-8-11(14(18)19)6-7-13(12)21-4/h6-10H,5H2,1-4H3,(H,18,19)(H2,16,17,20). The molecule has 116 valence electrons. The van der Waals surface area contributed by atoms with Crippen LogP contribution in [0.2, 0.25) is 0 Å². The molecule has 0 radical (unpaired) electrons. The van der Waals surface area contributed by atoms with Crippen LogP contribution in [0.5, 0.6) is 5.75 Å². The molecule has 0 aromatic heterocycles. The molecule has 3 N–H and O–H groups in total. The van der Waals surface area contributed by atoms with Crippen LogP contribution < -0.4 is 15.4 Å². The Bertz CT molecular complexity index is 516. The van der Waals surface area contributed by atoms with Crippen molar-refractivity contribution in [3.63, 3.8) is 0 Å². The monoisotopic (exact) mass is 294 g/mol. The number of carbonyl (C=O) groups excluding carboxylic acids is 1. The Balaban J connectivity index is 2.83. The number of rotatable bonds is 6. The highest BCUT2D eigenvalue weighted by molar-refractivity contribution is 5.94. The van der Waals surface area contributed by atoms with Gasteiger partial charge in [0.2, 0.25) is 0 Å². The van der Waals surface area contributed by atoms with Gasteiger partial charge in [0, 0.05) is 6.04 Å².